The molecule has 2 aromatic carbocycles. The zero-order chi connectivity index (χ0) is 15.7. The summed E-state index contributed by atoms with van der Waals surface area (Å²) in [6.07, 6.45) is 0. The third kappa shape index (κ3) is 2.65. The van der Waals surface area contributed by atoms with Gasteiger partial charge in [-0.05, 0) is 44.2 Å². The number of aryl methyl sites for hydroxylation is 2. The molecular weight excluding hydrogens is 281 g/mol. The number of aromatic nitrogens is 2. The van der Waals surface area contributed by atoms with Crippen LogP contribution in [0.25, 0.3) is 11.0 Å². The summed E-state index contributed by atoms with van der Waals surface area (Å²) in [5.41, 5.74) is 3.72. The molecule has 1 amide bonds. The van der Waals surface area contributed by atoms with Gasteiger partial charge in [0.1, 0.15) is 5.82 Å². The highest BCUT2D eigenvalue weighted by molar-refractivity contribution is 6.05. The summed E-state index contributed by atoms with van der Waals surface area (Å²) in [4.78, 5) is 21.0. The van der Waals surface area contributed by atoms with E-state index < -0.39 is 11.7 Å². The smallest absolute Gasteiger partial charge is 0.258 e. The number of rotatable bonds is 2. The summed E-state index contributed by atoms with van der Waals surface area (Å²) >= 11 is 0. The van der Waals surface area contributed by atoms with Crippen molar-refractivity contribution in [2.75, 3.05) is 5.32 Å². The second-order valence-corrected chi connectivity index (χ2v) is 5.03. The van der Waals surface area contributed by atoms with E-state index in [0.717, 1.165) is 16.9 Å². The molecule has 1 N–H and O–H groups in total. The minimum atomic E-state index is -0.549. The first-order valence-corrected chi connectivity index (χ1v) is 6.85. The van der Waals surface area contributed by atoms with E-state index in [1.807, 2.05) is 13.8 Å². The minimum absolute atomic E-state index is 0.00812. The Morgan fingerprint density at radius 1 is 1.00 bits per heavy atom. The molecule has 4 nitrogen and oxygen atoms in total. The summed E-state index contributed by atoms with van der Waals surface area (Å²) in [5.74, 6) is -1.04. The van der Waals surface area contributed by atoms with Crippen molar-refractivity contribution in [1.82, 2.24) is 9.97 Å². The second kappa shape index (κ2) is 5.52. The normalized spacial score (nSPS) is 10.7. The highest BCUT2D eigenvalue weighted by atomic mass is 19.1. The molecule has 3 rings (SSSR count). The van der Waals surface area contributed by atoms with Crippen molar-refractivity contribution in [3.63, 3.8) is 0 Å². The lowest BCUT2D eigenvalue weighted by atomic mass is 10.2. The Balaban J connectivity index is 1.93. The fourth-order valence-corrected chi connectivity index (χ4v) is 2.15. The van der Waals surface area contributed by atoms with E-state index in [1.165, 1.54) is 12.1 Å². The van der Waals surface area contributed by atoms with Crippen LogP contribution in [-0.2, 0) is 0 Å². The number of nitrogens with zero attached hydrogens (tertiary/aromatic N) is 2. The number of hydrogen-bond acceptors (Lipinski definition) is 3. The van der Waals surface area contributed by atoms with Crippen molar-refractivity contribution in [3.8, 4) is 0 Å². The van der Waals surface area contributed by atoms with Crippen LogP contribution in [0.15, 0.2) is 42.5 Å². The summed E-state index contributed by atoms with van der Waals surface area (Å²) < 4.78 is 13.6. The minimum Gasteiger partial charge on any atom is -0.322 e. The highest BCUT2D eigenvalue weighted by Gasteiger charge is 2.11. The van der Waals surface area contributed by atoms with Gasteiger partial charge in [0.25, 0.3) is 5.91 Å². The van der Waals surface area contributed by atoms with E-state index in [-0.39, 0.29) is 5.56 Å². The van der Waals surface area contributed by atoms with E-state index in [1.54, 1.807) is 30.3 Å². The third-order valence-electron chi connectivity index (χ3n) is 3.45. The maximum atomic E-state index is 13.6. The van der Waals surface area contributed by atoms with Crippen LogP contribution in [0.2, 0.25) is 0 Å². The Morgan fingerprint density at radius 2 is 1.68 bits per heavy atom. The van der Waals surface area contributed by atoms with Gasteiger partial charge in [0, 0.05) is 5.69 Å². The molecule has 0 saturated heterocycles. The predicted octanol–water partition coefficient (Wildman–Crippen LogP) is 3.64. The molecule has 110 valence electrons. The molecule has 0 radical (unpaired) electrons. The molecule has 5 heteroatoms. The number of hydrogen-bond donors (Lipinski definition) is 1. The average molecular weight is 295 g/mol. The van der Waals surface area contributed by atoms with Crippen LogP contribution in [0.4, 0.5) is 10.1 Å². The molecule has 0 atom stereocenters. The molecule has 0 spiro atoms. The highest BCUT2D eigenvalue weighted by Crippen LogP contribution is 2.18. The van der Waals surface area contributed by atoms with Gasteiger partial charge < -0.3 is 5.32 Å². The van der Waals surface area contributed by atoms with Crippen molar-refractivity contribution in [3.05, 3.63) is 65.2 Å². The van der Waals surface area contributed by atoms with E-state index in [0.29, 0.717) is 11.2 Å². The van der Waals surface area contributed by atoms with E-state index in [2.05, 4.69) is 15.3 Å². The van der Waals surface area contributed by atoms with Crippen LogP contribution in [0.3, 0.4) is 0 Å². The van der Waals surface area contributed by atoms with Crippen molar-refractivity contribution >= 4 is 22.6 Å². The fraction of sp³-hybridized carbons (Fsp3) is 0.118. The summed E-state index contributed by atoms with van der Waals surface area (Å²) in [7, 11) is 0. The molecule has 0 aliphatic rings. The summed E-state index contributed by atoms with van der Waals surface area (Å²) in [6, 6.07) is 11.1. The SMILES string of the molecule is Cc1nc2ccc(NC(=O)c3ccccc3F)cc2nc1C. The van der Waals surface area contributed by atoms with Gasteiger partial charge in [0.15, 0.2) is 0 Å². The van der Waals surface area contributed by atoms with E-state index in [4.69, 9.17) is 0 Å². The number of benzene rings is 2. The van der Waals surface area contributed by atoms with Gasteiger partial charge in [-0.2, -0.15) is 0 Å². The topological polar surface area (TPSA) is 54.9 Å². The molecule has 0 aliphatic carbocycles. The first-order valence-electron chi connectivity index (χ1n) is 6.85. The molecule has 0 saturated carbocycles. The van der Waals surface area contributed by atoms with E-state index >= 15 is 0 Å². The van der Waals surface area contributed by atoms with Crippen molar-refractivity contribution in [2.45, 2.75) is 13.8 Å². The first kappa shape index (κ1) is 14.1. The van der Waals surface area contributed by atoms with Gasteiger partial charge in [0.05, 0.1) is 28.0 Å². The zero-order valence-electron chi connectivity index (χ0n) is 12.2. The molecule has 1 heterocycles. The predicted molar refractivity (Wildman–Crippen MR) is 83.4 cm³/mol. The summed E-state index contributed by atoms with van der Waals surface area (Å²) in [6.45, 7) is 3.78. The Labute approximate surface area is 127 Å². The monoisotopic (exact) mass is 295 g/mol. The number of carbonyl (C=O) groups is 1. The Kier molecular flexibility index (Phi) is 3.55. The molecule has 0 bridgehead atoms. The molecule has 1 aromatic heterocycles. The van der Waals surface area contributed by atoms with Crippen LogP contribution in [0, 0.1) is 19.7 Å². The maximum Gasteiger partial charge on any atom is 0.258 e. The van der Waals surface area contributed by atoms with Crippen LogP contribution in [0.5, 0.6) is 0 Å². The summed E-state index contributed by atoms with van der Waals surface area (Å²) in [5, 5.41) is 2.68. The molecule has 22 heavy (non-hydrogen) atoms. The van der Waals surface area contributed by atoms with Gasteiger partial charge >= 0.3 is 0 Å². The van der Waals surface area contributed by atoms with Gasteiger partial charge in [-0.1, -0.05) is 12.1 Å². The largest absolute Gasteiger partial charge is 0.322 e. The van der Waals surface area contributed by atoms with Crippen LogP contribution < -0.4 is 5.32 Å². The first-order chi connectivity index (χ1) is 10.5. The van der Waals surface area contributed by atoms with E-state index in [9.17, 15) is 9.18 Å². The number of fused-ring (bicyclic) bond motifs is 1. The second-order valence-electron chi connectivity index (χ2n) is 5.03. The van der Waals surface area contributed by atoms with Gasteiger partial charge in [-0.15, -0.1) is 0 Å². The maximum absolute atomic E-state index is 13.6. The van der Waals surface area contributed by atoms with Gasteiger partial charge in [0.2, 0.25) is 0 Å². The lowest BCUT2D eigenvalue weighted by Crippen LogP contribution is -2.13. The van der Waals surface area contributed by atoms with Gasteiger partial charge in [-0.3, -0.25) is 4.79 Å². The Hall–Kier alpha value is -2.82. The van der Waals surface area contributed by atoms with Crippen molar-refractivity contribution in [1.29, 1.82) is 0 Å². The van der Waals surface area contributed by atoms with Crippen molar-refractivity contribution < 1.29 is 9.18 Å². The molecule has 0 aliphatic heterocycles. The Morgan fingerprint density at radius 3 is 2.41 bits per heavy atom. The van der Waals surface area contributed by atoms with Crippen LogP contribution in [-0.4, -0.2) is 15.9 Å². The Bertz CT molecular complexity index is 877. The third-order valence-corrected chi connectivity index (χ3v) is 3.45. The quantitative estimate of drug-likeness (QED) is 0.785. The number of halogens is 1. The lowest BCUT2D eigenvalue weighted by Gasteiger charge is -2.08. The van der Waals surface area contributed by atoms with Crippen molar-refractivity contribution in [2.24, 2.45) is 0 Å². The molecule has 0 unspecified atom stereocenters. The lowest BCUT2D eigenvalue weighted by molar-refractivity contribution is 0.102. The standard InChI is InChI=1S/C17H14FN3O/c1-10-11(2)20-16-9-12(7-8-15(16)19-10)21-17(22)13-5-3-4-6-14(13)18/h3-9H,1-2H3,(H,21,22). The van der Waals surface area contributed by atoms with Crippen LogP contribution >= 0.6 is 0 Å². The van der Waals surface area contributed by atoms with Gasteiger partial charge in [-0.25, -0.2) is 14.4 Å². The molecule has 3 aromatic rings. The molecule has 0 fully saturated rings. The number of amides is 1. The van der Waals surface area contributed by atoms with Crippen LogP contribution in [0.1, 0.15) is 21.7 Å². The average Bonchev–Trinajstić information content (AvgIpc) is 2.49. The number of anilines is 1. The fourth-order valence-electron chi connectivity index (χ4n) is 2.15. The zero-order valence-corrected chi connectivity index (χ0v) is 12.2. The number of nitrogens with one attached hydrogen (secondary N) is 1. The number of carbonyl (C=O) groups excluding carboxylic acids is 1. The molecular formula is C17H14FN3O.